The number of halogens is 1. The summed E-state index contributed by atoms with van der Waals surface area (Å²) in [6.45, 7) is 5.64. The second kappa shape index (κ2) is 8.88. The Morgan fingerprint density at radius 2 is 2.05 bits per heavy atom. The summed E-state index contributed by atoms with van der Waals surface area (Å²) in [4.78, 5) is 19.6. The lowest BCUT2D eigenvalue weighted by Gasteiger charge is -2.21. The zero-order valence-corrected chi connectivity index (χ0v) is 13.0. The van der Waals surface area contributed by atoms with Gasteiger partial charge in [0.1, 0.15) is 5.82 Å². The van der Waals surface area contributed by atoms with Gasteiger partial charge >= 0.3 is 0 Å². The maximum atomic E-state index is 12.0. The molecule has 1 amide bonds. The second-order valence-corrected chi connectivity index (χ2v) is 4.85. The zero-order valence-electron chi connectivity index (χ0n) is 12.2. The van der Waals surface area contributed by atoms with Crippen LogP contribution >= 0.6 is 0 Å². The Labute approximate surface area is 122 Å². The smallest absolute Gasteiger partial charge is 0.227 e. The summed E-state index contributed by atoms with van der Waals surface area (Å²) in [6, 6.07) is 5.80. The number of anilines is 1. The van der Waals surface area contributed by atoms with Crippen LogP contribution in [0.2, 0.25) is 0 Å². The number of aromatic nitrogens is 1. The Bertz CT molecular complexity index is 396. The summed E-state index contributed by atoms with van der Waals surface area (Å²) in [7, 11) is 4.24. The van der Waals surface area contributed by atoms with Gasteiger partial charge in [0.25, 0.3) is 0 Å². The molecule has 0 spiro atoms. The van der Waals surface area contributed by atoms with E-state index in [1.54, 1.807) is 4.90 Å². The molecule has 19 heavy (non-hydrogen) atoms. The van der Waals surface area contributed by atoms with Crippen molar-refractivity contribution in [1.29, 1.82) is 0 Å². The van der Waals surface area contributed by atoms with Gasteiger partial charge in [-0.1, -0.05) is 13.0 Å². The van der Waals surface area contributed by atoms with Crippen LogP contribution in [0.15, 0.2) is 18.2 Å². The zero-order chi connectivity index (χ0) is 13.5. The van der Waals surface area contributed by atoms with E-state index in [1.165, 1.54) is 4.90 Å². The van der Waals surface area contributed by atoms with Crippen LogP contribution in [0.4, 0.5) is 5.82 Å². The molecule has 0 fully saturated rings. The molecule has 0 aromatic carbocycles. The number of carbonyl (C=O) groups is 1. The molecule has 0 radical (unpaired) electrons. The van der Waals surface area contributed by atoms with Gasteiger partial charge in [-0.15, -0.1) is 0 Å². The molecule has 1 aromatic heterocycles. The first-order valence-corrected chi connectivity index (χ1v) is 6.57. The lowest BCUT2D eigenvalue weighted by Crippen LogP contribution is -3.05. The van der Waals surface area contributed by atoms with E-state index in [0.29, 0.717) is 6.42 Å². The highest BCUT2D eigenvalue weighted by atomic mass is 35.5. The molecule has 1 rings (SSSR count). The van der Waals surface area contributed by atoms with Gasteiger partial charge in [-0.25, -0.2) is 4.98 Å². The van der Waals surface area contributed by atoms with Crippen LogP contribution in [0.5, 0.6) is 0 Å². The molecule has 4 nitrogen and oxygen atoms in total. The van der Waals surface area contributed by atoms with Crippen LogP contribution in [0.3, 0.4) is 0 Å². The Kier molecular flexibility index (Phi) is 8.35. The van der Waals surface area contributed by atoms with Crippen molar-refractivity contribution in [3.8, 4) is 0 Å². The van der Waals surface area contributed by atoms with Crippen LogP contribution in [0.25, 0.3) is 0 Å². The predicted octanol–water partition coefficient (Wildman–Crippen LogP) is -2.33. The SMILES string of the molecule is CCC(=O)N(CCC[NH+](C)C)c1cccc(C)n1.[Cl-]. The number of carbonyl (C=O) groups excluding carboxylic acids is 1. The molecule has 108 valence electrons. The summed E-state index contributed by atoms with van der Waals surface area (Å²) >= 11 is 0. The normalized spacial score (nSPS) is 10.2. The van der Waals surface area contributed by atoms with E-state index in [-0.39, 0.29) is 18.3 Å². The molecular weight excluding hydrogens is 262 g/mol. The number of pyridine rings is 1. The highest BCUT2D eigenvalue weighted by molar-refractivity contribution is 5.92. The summed E-state index contributed by atoms with van der Waals surface area (Å²) in [5, 5.41) is 0. The van der Waals surface area contributed by atoms with Gasteiger partial charge in [-0.3, -0.25) is 9.69 Å². The number of aryl methyl sites for hydroxylation is 1. The standard InChI is InChI=1S/C14H23N3O.ClH/c1-5-14(18)17(11-7-10-16(3)4)13-9-6-8-12(2)15-13;/h6,8-9H,5,7,10-11H2,1-4H3;1H. The van der Waals surface area contributed by atoms with Crippen molar-refractivity contribution in [2.45, 2.75) is 26.7 Å². The van der Waals surface area contributed by atoms with Gasteiger partial charge in [0.05, 0.1) is 20.6 Å². The average molecular weight is 286 g/mol. The van der Waals surface area contributed by atoms with Crippen molar-refractivity contribution in [3.63, 3.8) is 0 Å². The third kappa shape index (κ3) is 6.03. The number of quaternary nitrogens is 1. The number of amides is 1. The fourth-order valence-electron chi connectivity index (χ4n) is 1.83. The maximum absolute atomic E-state index is 12.0. The van der Waals surface area contributed by atoms with E-state index in [9.17, 15) is 4.79 Å². The molecule has 0 aliphatic heterocycles. The highest BCUT2D eigenvalue weighted by Gasteiger charge is 2.15. The summed E-state index contributed by atoms with van der Waals surface area (Å²) in [5.74, 6) is 0.914. The number of nitrogens with one attached hydrogen (secondary N) is 1. The van der Waals surface area contributed by atoms with E-state index in [2.05, 4.69) is 19.1 Å². The minimum absolute atomic E-state index is 0. The highest BCUT2D eigenvalue weighted by Crippen LogP contribution is 2.12. The molecule has 0 saturated carbocycles. The number of hydrogen-bond acceptors (Lipinski definition) is 2. The molecule has 1 aromatic rings. The van der Waals surface area contributed by atoms with Crippen LogP contribution in [0, 0.1) is 6.92 Å². The van der Waals surface area contributed by atoms with Crippen LogP contribution < -0.4 is 22.2 Å². The first kappa shape index (κ1) is 17.9. The quantitative estimate of drug-likeness (QED) is 0.637. The molecule has 0 bridgehead atoms. The molecule has 0 aliphatic rings. The molecule has 5 heteroatoms. The summed E-state index contributed by atoms with van der Waals surface area (Å²) in [6.07, 6.45) is 1.51. The van der Waals surface area contributed by atoms with E-state index < -0.39 is 0 Å². The lowest BCUT2D eigenvalue weighted by molar-refractivity contribution is -0.858. The van der Waals surface area contributed by atoms with E-state index in [0.717, 1.165) is 31.0 Å². The topological polar surface area (TPSA) is 37.6 Å². The third-order valence-corrected chi connectivity index (χ3v) is 2.81. The monoisotopic (exact) mass is 285 g/mol. The van der Waals surface area contributed by atoms with Gasteiger partial charge in [-0.2, -0.15) is 0 Å². The van der Waals surface area contributed by atoms with E-state index in [1.807, 2.05) is 32.0 Å². The van der Waals surface area contributed by atoms with Gasteiger partial charge in [0.2, 0.25) is 5.91 Å². The van der Waals surface area contributed by atoms with Crippen molar-refractivity contribution in [2.75, 3.05) is 32.1 Å². The lowest BCUT2D eigenvalue weighted by atomic mass is 10.3. The number of nitrogens with zero attached hydrogens (tertiary/aromatic N) is 2. The average Bonchev–Trinajstić information content (AvgIpc) is 2.33. The number of hydrogen-bond donors (Lipinski definition) is 1. The number of rotatable bonds is 6. The second-order valence-electron chi connectivity index (χ2n) is 4.85. The van der Waals surface area contributed by atoms with Crippen molar-refractivity contribution in [1.82, 2.24) is 4.98 Å². The molecule has 0 unspecified atom stereocenters. The Morgan fingerprint density at radius 3 is 2.58 bits per heavy atom. The summed E-state index contributed by atoms with van der Waals surface area (Å²) in [5.41, 5.74) is 0.944. The minimum Gasteiger partial charge on any atom is -1.00 e. The van der Waals surface area contributed by atoms with Crippen molar-refractivity contribution < 1.29 is 22.1 Å². The fraction of sp³-hybridized carbons (Fsp3) is 0.571. The molecule has 1 heterocycles. The van der Waals surface area contributed by atoms with Gasteiger partial charge < -0.3 is 17.3 Å². The Hall–Kier alpha value is -1.13. The van der Waals surface area contributed by atoms with Crippen molar-refractivity contribution >= 4 is 11.7 Å². The predicted molar refractivity (Wildman–Crippen MR) is 73.9 cm³/mol. The van der Waals surface area contributed by atoms with Crippen LogP contribution in [-0.4, -0.2) is 38.1 Å². The molecule has 0 aliphatic carbocycles. The molecule has 0 saturated heterocycles. The van der Waals surface area contributed by atoms with E-state index in [4.69, 9.17) is 0 Å². The molecular formula is C14H24ClN3O. The minimum atomic E-state index is 0. The third-order valence-electron chi connectivity index (χ3n) is 2.81. The Balaban J connectivity index is 0.00000324. The molecule has 1 N–H and O–H groups in total. The first-order valence-electron chi connectivity index (χ1n) is 6.57. The fourth-order valence-corrected chi connectivity index (χ4v) is 1.83. The van der Waals surface area contributed by atoms with Gasteiger partial charge in [0, 0.05) is 25.1 Å². The summed E-state index contributed by atoms with van der Waals surface area (Å²) < 4.78 is 0. The van der Waals surface area contributed by atoms with E-state index >= 15 is 0 Å². The van der Waals surface area contributed by atoms with Crippen molar-refractivity contribution in [3.05, 3.63) is 23.9 Å². The van der Waals surface area contributed by atoms with Crippen LogP contribution in [0.1, 0.15) is 25.5 Å². The van der Waals surface area contributed by atoms with Gasteiger partial charge in [0.15, 0.2) is 0 Å². The largest absolute Gasteiger partial charge is 1.00 e. The molecule has 0 atom stereocenters. The maximum Gasteiger partial charge on any atom is 0.227 e. The van der Waals surface area contributed by atoms with Crippen molar-refractivity contribution in [2.24, 2.45) is 0 Å². The van der Waals surface area contributed by atoms with Gasteiger partial charge in [-0.05, 0) is 19.1 Å². The Morgan fingerprint density at radius 1 is 1.37 bits per heavy atom. The van der Waals surface area contributed by atoms with Crippen LogP contribution in [-0.2, 0) is 4.79 Å². The first-order chi connectivity index (χ1) is 8.54.